The van der Waals surface area contributed by atoms with Gasteiger partial charge in [0, 0.05) is 6.42 Å². The summed E-state index contributed by atoms with van der Waals surface area (Å²) >= 11 is 0. The first-order valence-corrected chi connectivity index (χ1v) is 5.87. The monoisotopic (exact) mass is 263 g/mol. The number of carbonyl (C=O) groups is 2. The molecule has 5 nitrogen and oxygen atoms in total. The first-order chi connectivity index (χ1) is 8.99. The molecule has 0 aliphatic carbocycles. The highest BCUT2D eigenvalue weighted by atomic mass is 16.5. The molecule has 1 aromatic carbocycles. The van der Waals surface area contributed by atoms with Crippen LogP contribution < -0.4 is 10.1 Å². The lowest BCUT2D eigenvalue weighted by Crippen LogP contribution is -2.14. The van der Waals surface area contributed by atoms with Crippen molar-refractivity contribution in [3.05, 3.63) is 36.4 Å². The van der Waals surface area contributed by atoms with Gasteiger partial charge < -0.3 is 15.2 Å². The van der Waals surface area contributed by atoms with Gasteiger partial charge in [0.2, 0.25) is 5.91 Å². The smallest absolute Gasteiger partial charge is 0.303 e. The lowest BCUT2D eigenvalue weighted by molar-refractivity contribution is -0.138. The number of anilines is 1. The summed E-state index contributed by atoms with van der Waals surface area (Å²) in [6.45, 7) is 5.94. The van der Waals surface area contributed by atoms with Gasteiger partial charge in [-0.25, -0.2) is 0 Å². The van der Waals surface area contributed by atoms with Crippen LogP contribution in [-0.2, 0) is 9.59 Å². The van der Waals surface area contributed by atoms with Crippen LogP contribution >= 0.6 is 0 Å². The Morgan fingerprint density at radius 2 is 2.00 bits per heavy atom. The second-order valence-electron chi connectivity index (χ2n) is 4.18. The van der Waals surface area contributed by atoms with Crippen molar-refractivity contribution in [2.24, 2.45) is 0 Å². The van der Waals surface area contributed by atoms with E-state index in [9.17, 15) is 9.59 Å². The van der Waals surface area contributed by atoms with Crippen LogP contribution in [0.3, 0.4) is 0 Å². The molecule has 0 saturated carbocycles. The van der Waals surface area contributed by atoms with E-state index >= 15 is 0 Å². The van der Waals surface area contributed by atoms with Gasteiger partial charge in [-0.15, -0.1) is 0 Å². The maximum absolute atomic E-state index is 11.6. The molecule has 0 radical (unpaired) electrons. The largest absolute Gasteiger partial charge is 0.487 e. The molecule has 102 valence electrons. The van der Waals surface area contributed by atoms with Gasteiger partial charge in [-0.1, -0.05) is 18.7 Å². The number of ether oxygens (including phenoxy) is 1. The van der Waals surface area contributed by atoms with E-state index in [0.29, 0.717) is 18.0 Å². The molecule has 0 saturated heterocycles. The maximum Gasteiger partial charge on any atom is 0.303 e. The first kappa shape index (κ1) is 14.8. The van der Waals surface area contributed by atoms with Crippen molar-refractivity contribution < 1.29 is 19.4 Å². The molecule has 0 aliphatic rings. The molecule has 0 fully saturated rings. The molecule has 0 aliphatic heterocycles. The standard InChI is InChI=1S/C14H17NO4/c1-10(2)9-19-12-6-4-3-5-11(12)15-13(16)7-8-14(17)18/h3-6H,1,7-9H2,2H3,(H,15,16)(H,17,18). The van der Waals surface area contributed by atoms with Gasteiger partial charge in [0.05, 0.1) is 12.1 Å². The van der Waals surface area contributed by atoms with Gasteiger partial charge in [-0.2, -0.15) is 0 Å². The Morgan fingerprint density at radius 3 is 2.63 bits per heavy atom. The third kappa shape index (κ3) is 5.72. The van der Waals surface area contributed by atoms with Gasteiger partial charge >= 0.3 is 5.97 Å². The molecule has 2 N–H and O–H groups in total. The molecular weight excluding hydrogens is 246 g/mol. The topological polar surface area (TPSA) is 75.6 Å². The molecule has 1 rings (SSSR count). The van der Waals surface area contributed by atoms with Gasteiger partial charge in [0.1, 0.15) is 12.4 Å². The van der Waals surface area contributed by atoms with Crippen LogP contribution in [0, 0.1) is 0 Å². The number of carboxylic acid groups (broad SMARTS) is 1. The minimum Gasteiger partial charge on any atom is -0.487 e. The zero-order chi connectivity index (χ0) is 14.3. The SMILES string of the molecule is C=C(C)COc1ccccc1NC(=O)CCC(=O)O. The van der Waals surface area contributed by atoms with Crippen molar-refractivity contribution in [3.8, 4) is 5.75 Å². The van der Waals surface area contributed by atoms with Gasteiger partial charge in [0.15, 0.2) is 0 Å². The van der Waals surface area contributed by atoms with Crippen molar-refractivity contribution in [3.63, 3.8) is 0 Å². The van der Waals surface area contributed by atoms with E-state index in [0.717, 1.165) is 5.57 Å². The van der Waals surface area contributed by atoms with Gasteiger partial charge in [0.25, 0.3) is 0 Å². The summed E-state index contributed by atoms with van der Waals surface area (Å²) in [5.74, 6) is -0.815. The number of carbonyl (C=O) groups excluding carboxylic acids is 1. The Labute approximate surface area is 111 Å². The molecule has 5 heteroatoms. The van der Waals surface area contributed by atoms with E-state index in [1.807, 2.05) is 6.92 Å². The van der Waals surface area contributed by atoms with Crippen LogP contribution in [0.15, 0.2) is 36.4 Å². The number of aliphatic carboxylic acids is 1. The maximum atomic E-state index is 11.6. The first-order valence-electron chi connectivity index (χ1n) is 5.87. The number of rotatable bonds is 7. The van der Waals surface area contributed by atoms with Crippen LogP contribution in [-0.4, -0.2) is 23.6 Å². The Bertz CT molecular complexity index is 482. The average Bonchev–Trinajstić information content (AvgIpc) is 2.35. The number of benzene rings is 1. The van der Waals surface area contributed by atoms with E-state index in [1.54, 1.807) is 24.3 Å². The number of carboxylic acids is 1. The van der Waals surface area contributed by atoms with E-state index in [4.69, 9.17) is 9.84 Å². The quantitative estimate of drug-likeness (QED) is 0.741. The minimum absolute atomic E-state index is 0.0653. The normalized spacial score (nSPS) is 9.74. The van der Waals surface area contributed by atoms with E-state index in [2.05, 4.69) is 11.9 Å². The summed E-state index contributed by atoms with van der Waals surface area (Å²) in [4.78, 5) is 21.9. The fourth-order valence-electron chi connectivity index (χ4n) is 1.33. The molecule has 0 aromatic heterocycles. The minimum atomic E-state index is -0.998. The Balaban J connectivity index is 2.64. The number of para-hydroxylation sites is 2. The molecule has 0 spiro atoms. The van der Waals surface area contributed by atoms with Gasteiger partial charge in [-0.3, -0.25) is 9.59 Å². The van der Waals surface area contributed by atoms with Crippen LogP contribution in [0.1, 0.15) is 19.8 Å². The van der Waals surface area contributed by atoms with Gasteiger partial charge in [-0.05, 0) is 24.6 Å². The molecular formula is C14H17NO4. The van der Waals surface area contributed by atoms with Crippen LogP contribution in [0.25, 0.3) is 0 Å². The Morgan fingerprint density at radius 1 is 1.32 bits per heavy atom. The average molecular weight is 263 g/mol. The van der Waals surface area contributed by atoms with Crippen LogP contribution in [0.5, 0.6) is 5.75 Å². The van der Waals surface area contributed by atoms with Crippen molar-refractivity contribution in [2.45, 2.75) is 19.8 Å². The fraction of sp³-hybridized carbons (Fsp3) is 0.286. The highest BCUT2D eigenvalue weighted by Gasteiger charge is 2.09. The van der Waals surface area contributed by atoms with Crippen molar-refractivity contribution in [1.82, 2.24) is 0 Å². The molecule has 0 bridgehead atoms. The number of amides is 1. The summed E-state index contributed by atoms with van der Waals surface area (Å²) in [7, 11) is 0. The predicted octanol–water partition coefficient (Wildman–Crippen LogP) is 2.44. The fourth-order valence-corrected chi connectivity index (χ4v) is 1.33. The predicted molar refractivity (Wildman–Crippen MR) is 72.3 cm³/mol. The number of nitrogens with one attached hydrogen (secondary N) is 1. The molecule has 0 heterocycles. The zero-order valence-electron chi connectivity index (χ0n) is 10.8. The molecule has 1 amide bonds. The Hall–Kier alpha value is -2.30. The lowest BCUT2D eigenvalue weighted by Gasteiger charge is -2.12. The summed E-state index contributed by atoms with van der Waals surface area (Å²) in [5, 5.41) is 11.1. The molecule has 0 atom stereocenters. The summed E-state index contributed by atoms with van der Waals surface area (Å²) < 4.78 is 5.49. The Kier molecular flexibility index (Phi) is 5.60. The van der Waals surface area contributed by atoms with E-state index in [-0.39, 0.29) is 18.7 Å². The van der Waals surface area contributed by atoms with E-state index < -0.39 is 5.97 Å². The second kappa shape index (κ2) is 7.20. The zero-order valence-corrected chi connectivity index (χ0v) is 10.8. The molecule has 19 heavy (non-hydrogen) atoms. The third-order valence-corrected chi connectivity index (χ3v) is 2.20. The second-order valence-corrected chi connectivity index (χ2v) is 4.18. The number of hydrogen-bond acceptors (Lipinski definition) is 3. The van der Waals surface area contributed by atoms with Crippen LogP contribution in [0.2, 0.25) is 0 Å². The van der Waals surface area contributed by atoms with Crippen LogP contribution in [0.4, 0.5) is 5.69 Å². The summed E-state index contributed by atoms with van der Waals surface area (Å²) in [6.07, 6.45) is -0.259. The highest BCUT2D eigenvalue weighted by Crippen LogP contribution is 2.24. The summed E-state index contributed by atoms with van der Waals surface area (Å²) in [5.41, 5.74) is 1.39. The van der Waals surface area contributed by atoms with E-state index in [1.165, 1.54) is 0 Å². The van der Waals surface area contributed by atoms with Crippen molar-refractivity contribution >= 4 is 17.6 Å². The number of hydrogen-bond donors (Lipinski definition) is 2. The molecule has 1 aromatic rings. The highest BCUT2D eigenvalue weighted by molar-refractivity contribution is 5.93. The van der Waals surface area contributed by atoms with Crippen molar-refractivity contribution in [1.29, 1.82) is 0 Å². The van der Waals surface area contributed by atoms with Crippen molar-refractivity contribution in [2.75, 3.05) is 11.9 Å². The third-order valence-electron chi connectivity index (χ3n) is 2.20. The summed E-state index contributed by atoms with van der Waals surface area (Å²) in [6, 6.07) is 6.99. The lowest BCUT2D eigenvalue weighted by atomic mass is 10.2. The molecule has 0 unspecified atom stereocenters.